The maximum Gasteiger partial charge on any atom is 0.225 e. The average Bonchev–Trinajstić information content (AvgIpc) is 2.96. The fourth-order valence-electron chi connectivity index (χ4n) is 2.96. The number of anilines is 1. The number of fused-ring (bicyclic) bond motifs is 1. The number of ether oxygens (including phenoxy) is 1. The number of methoxy groups -OCH3 is 1. The number of aryl methyl sites for hydroxylation is 1. The van der Waals surface area contributed by atoms with Crippen LogP contribution in [0, 0.1) is 6.92 Å². The number of thiophene rings is 1. The van der Waals surface area contributed by atoms with Crippen LogP contribution in [-0.4, -0.2) is 30.2 Å². The summed E-state index contributed by atoms with van der Waals surface area (Å²) in [6, 6.07) is 8.02. The van der Waals surface area contributed by atoms with Gasteiger partial charge < -0.3 is 9.64 Å². The molecule has 3 rings (SSSR count). The molecule has 0 unspecified atom stereocenters. The molecule has 2 heterocycles. The van der Waals surface area contributed by atoms with Gasteiger partial charge in [-0.15, -0.1) is 24.5 Å². The first-order valence-electron chi connectivity index (χ1n) is 8.16. The Labute approximate surface area is 162 Å². The summed E-state index contributed by atoms with van der Waals surface area (Å²) < 4.78 is 5.28. The van der Waals surface area contributed by atoms with Crippen molar-refractivity contribution in [2.45, 2.75) is 6.92 Å². The molecule has 1 aromatic carbocycles. The Morgan fingerprint density at radius 2 is 1.81 bits per heavy atom. The van der Waals surface area contributed by atoms with Crippen LogP contribution in [0.4, 0.5) is 5.82 Å². The third-order valence-corrected chi connectivity index (χ3v) is 5.23. The molecule has 3 aromatic rings. The second-order valence-electron chi connectivity index (χ2n) is 5.74. The van der Waals surface area contributed by atoms with E-state index in [2.05, 4.69) is 47.1 Å². The van der Waals surface area contributed by atoms with E-state index in [4.69, 9.17) is 16.3 Å². The Kier molecular flexibility index (Phi) is 5.59. The van der Waals surface area contributed by atoms with Gasteiger partial charge in [-0.05, 0) is 36.2 Å². The van der Waals surface area contributed by atoms with E-state index in [-0.39, 0.29) is 5.28 Å². The number of halogens is 1. The molecule has 134 valence electrons. The van der Waals surface area contributed by atoms with E-state index in [9.17, 15) is 0 Å². The first-order valence-corrected chi connectivity index (χ1v) is 9.36. The summed E-state index contributed by atoms with van der Waals surface area (Å²) in [5.74, 6) is 1.63. The molecule has 0 N–H and O–H groups in total. The van der Waals surface area contributed by atoms with Gasteiger partial charge in [0, 0.05) is 23.5 Å². The van der Waals surface area contributed by atoms with E-state index < -0.39 is 0 Å². The summed E-state index contributed by atoms with van der Waals surface area (Å²) in [6.45, 7) is 11.1. The van der Waals surface area contributed by atoms with Crippen LogP contribution in [0.25, 0.3) is 21.3 Å². The summed E-state index contributed by atoms with van der Waals surface area (Å²) in [4.78, 5) is 13.1. The Morgan fingerprint density at radius 1 is 1.15 bits per heavy atom. The first-order chi connectivity index (χ1) is 12.6. The van der Waals surface area contributed by atoms with Gasteiger partial charge in [0.25, 0.3) is 0 Å². The molecule has 4 nitrogen and oxygen atoms in total. The van der Waals surface area contributed by atoms with Crippen molar-refractivity contribution in [1.29, 1.82) is 0 Å². The number of nitrogens with zero attached hydrogens (tertiary/aromatic N) is 3. The Bertz CT molecular complexity index is 940. The van der Waals surface area contributed by atoms with Gasteiger partial charge in [-0.25, -0.2) is 4.98 Å². The lowest BCUT2D eigenvalue weighted by Crippen LogP contribution is -2.24. The molecular formula is C20H20ClN3OS. The minimum atomic E-state index is 0.244. The predicted octanol–water partition coefficient (Wildman–Crippen LogP) is 5.51. The summed E-state index contributed by atoms with van der Waals surface area (Å²) in [6.07, 6.45) is 3.69. The molecule has 0 aliphatic heterocycles. The van der Waals surface area contributed by atoms with Gasteiger partial charge >= 0.3 is 0 Å². The van der Waals surface area contributed by atoms with Crippen LogP contribution < -0.4 is 9.64 Å². The number of rotatable bonds is 7. The number of hydrogen-bond donors (Lipinski definition) is 0. The highest BCUT2D eigenvalue weighted by molar-refractivity contribution is 7.19. The second kappa shape index (κ2) is 7.89. The SMILES string of the molecule is C=CCN(CC=C)c1nc(Cl)nc2sc(C)c(-c3ccc(OC)cc3)c12. The largest absolute Gasteiger partial charge is 0.497 e. The van der Waals surface area contributed by atoms with E-state index in [0.29, 0.717) is 13.1 Å². The maximum atomic E-state index is 6.21. The zero-order valence-electron chi connectivity index (χ0n) is 14.8. The summed E-state index contributed by atoms with van der Waals surface area (Å²) >= 11 is 7.83. The highest BCUT2D eigenvalue weighted by Crippen LogP contribution is 2.42. The van der Waals surface area contributed by atoms with E-state index in [1.807, 2.05) is 24.3 Å². The van der Waals surface area contributed by atoms with Crippen LogP contribution in [0.3, 0.4) is 0 Å². The molecule has 6 heteroatoms. The smallest absolute Gasteiger partial charge is 0.225 e. The van der Waals surface area contributed by atoms with Crippen molar-refractivity contribution < 1.29 is 4.74 Å². The molecule has 0 amide bonds. The zero-order chi connectivity index (χ0) is 18.7. The average molecular weight is 386 g/mol. The van der Waals surface area contributed by atoms with Crippen LogP contribution in [-0.2, 0) is 0 Å². The molecule has 0 fully saturated rings. The van der Waals surface area contributed by atoms with Crippen LogP contribution >= 0.6 is 22.9 Å². The fourth-order valence-corrected chi connectivity index (χ4v) is 4.22. The third-order valence-electron chi connectivity index (χ3n) is 4.06. The molecule has 26 heavy (non-hydrogen) atoms. The fraction of sp³-hybridized carbons (Fsp3) is 0.200. The maximum absolute atomic E-state index is 6.21. The second-order valence-corrected chi connectivity index (χ2v) is 7.28. The van der Waals surface area contributed by atoms with E-state index in [1.165, 1.54) is 4.88 Å². The summed E-state index contributed by atoms with van der Waals surface area (Å²) in [5.41, 5.74) is 2.22. The van der Waals surface area contributed by atoms with Crippen molar-refractivity contribution in [1.82, 2.24) is 9.97 Å². The monoisotopic (exact) mass is 385 g/mol. The van der Waals surface area contributed by atoms with Crippen LogP contribution in [0.2, 0.25) is 5.28 Å². The van der Waals surface area contributed by atoms with Crippen molar-refractivity contribution in [3.05, 3.63) is 59.7 Å². The van der Waals surface area contributed by atoms with Gasteiger partial charge in [-0.1, -0.05) is 24.3 Å². The molecule has 0 aliphatic rings. The lowest BCUT2D eigenvalue weighted by atomic mass is 10.0. The van der Waals surface area contributed by atoms with Gasteiger partial charge in [0.05, 0.1) is 12.5 Å². The molecular weight excluding hydrogens is 366 g/mol. The number of aromatic nitrogens is 2. The summed E-state index contributed by atoms with van der Waals surface area (Å²) in [7, 11) is 1.66. The minimum Gasteiger partial charge on any atom is -0.497 e. The molecule has 0 atom stereocenters. The molecule has 0 radical (unpaired) electrons. The molecule has 0 saturated carbocycles. The van der Waals surface area contributed by atoms with Gasteiger partial charge in [0.15, 0.2) is 0 Å². The third kappa shape index (κ3) is 3.45. The van der Waals surface area contributed by atoms with Crippen molar-refractivity contribution in [3.63, 3.8) is 0 Å². The van der Waals surface area contributed by atoms with E-state index in [0.717, 1.165) is 32.9 Å². The molecule has 0 spiro atoms. The van der Waals surface area contributed by atoms with Crippen molar-refractivity contribution in [2.24, 2.45) is 0 Å². The van der Waals surface area contributed by atoms with Gasteiger partial charge in [-0.2, -0.15) is 4.98 Å². The van der Waals surface area contributed by atoms with Crippen molar-refractivity contribution in [3.8, 4) is 16.9 Å². The molecule has 0 bridgehead atoms. The normalized spacial score (nSPS) is 10.7. The van der Waals surface area contributed by atoms with Crippen LogP contribution in [0.15, 0.2) is 49.6 Å². The standard InChI is InChI=1S/C20H20ClN3OS/c1-5-11-24(12-6-2)18-17-16(14-7-9-15(25-4)10-8-14)13(3)26-19(17)23-20(21)22-18/h5-10H,1-2,11-12H2,3-4H3. The molecule has 0 saturated heterocycles. The van der Waals surface area contributed by atoms with Crippen molar-refractivity contribution >= 4 is 39.0 Å². The van der Waals surface area contributed by atoms with Crippen molar-refractivity contribution in [2.75, 3.05) is 25.1 Å². The Hall–Kier alpha value is -2.37. The number of benzene rings is 1. The first kappa shape index (κ1) is 18.4. The Morgan fingerprint density at radius 3 is 2.38 bits per heavy atom. The predicted molar refractivity (Wildman–Crippen MR) is 112 cm³/mol. The topological polar surface area (TPSA) is 38.2 Å². The quantitative estimate of drug-likeness (QED) is 0.397. The lowest BCUT2D eigenvalue weighted by Gasteiger charge is -2.22. The van der Waals surface area contributed by atoms with Gasteiger partial charge in [0.2, 0.25) is 5.28 Å². The highest BCUT2D eigenvalue weighted by atomic mass is 35.5. The van der Waals surface area contributed by atoms with Crippen LogP contribution in [0.1, 0.15) is 4.88 Å². The minimum absolute atomic E-state index is 0.244. The number of hydrogen-bond acceptors (Lipinski definition) is 5. The van der Waals surface area contributed by atoms with Gasteiger partial charge in [0.1, 0.15) is 16.4 Å². The van der Waals surface area contributed by atoms with Crippen LogP contribution in [0.5, 0.6) is 5.75 Å². The van der Waals surface area contributed by atoms with E-state index in [1.54, 1.807) is 18.4 Å². The van der Waals surface area contributed by atoms with E-state index >= 15 is 0 Å². The molecule has 2 aromatic heterocycles. The molecule has 0 aliphatic carbocycles. The van der Waals surface area contributed by atoms with Gasteiger partial charge in [-0.3, -0.25) is 0 Å². The summed E-state index contributed by atoms with van der Waals surface area (Å²) in [5, 5.41) is 1.25. The Balaban J connectivity index is 2.27. The lowest BCUT2D eigenvalue weighted by molar-refractivity contribution is 0.415. The zero-order valence-corrected chi connectivity index (χ0v) is 16.4. The highest BCUT2D eigenvalue weighted by Gasteiger charge is 2.21.